The topological polar surface area (TPSA) is 148 Å². The molecule has 39 heavy (non-hydrogen) atoms. The molecule has 1 aromatic carbocycles. The van der Waals surface area contributed by atoms with Gasteiger partial charge in [0.05, 0.1) is 37.5 Å². The number of carbonyl (C=O) groups is 2. The molecule has 10 nitrogen and oxygen atoms in total. The van der Waals surface area contributed by atoms with Crippen molar-refractivity contribution in [3.8, 4) is 11.5 Å². The van der Waals surface area contributed by atoms with E-state index in [0.29, 0.717) is 30.8 Å². The van der Waals surface area contributed by atoms with Crippen molar-refractivity contribution >= 4 is 21.9 Å². The van der Waals surface area contributed by atoms with Crippen LogP contribution in [0.1, 0.15) is 66.4 Å². The minimum absolute atomic E-state index is 0.00574. The predicted molar refractivity (Wildman–Crippen MR) is 150 cm³/mol. The molecule has 0 heterocycles. The fraction of sp³-hybridized carbons (Fsp3) is 0.714. The number of nitrogens with one attached hydrogen (secondary N) is 1. The second-order valence-corrected chi connectivity index (χ2v) is 13.8. The van der Waals surface area contributed by atoms with Crippen LogP contribution in [0, 0.1) is 17.8 Å². The molecule has 0 bridgehead atoms. The van der Waals surface area contributed by atoms with Gasteiger partial charge >= 0.3 is 12.1 Å². The Balaban J connectivity index is 3.11. The van der Waals surface area contributed by atoms with Crippen LogP contribution in [0.2, 0.25) is 0 Å². The number of sulfone groups is 1. The summed E-state index contributed by atoms with van der Waals surface area (Å²) < 4.78 is 39.4. The number of carboxylic acids is 1. The van der Waals surface area contributed by atoms with Crippen molar-refractivity contribution < 1.29 is 42.4 Å². The molecule has 0 saturated carbocycles. The van der Waals surface area contributed by atoms with E-state index in [9.17, 15) is 28.2 Å². The zero-order valence-electron chi connectivity index (χ0n) is 24.5. The molecule has 0 radical (unpaired) electrons. The van der Waals surface area contributed by atoms with Gasteiger partial charge in [-0.3, -0.25) is 4.79 Å². The average molecular weight is 574 g/mol. The van der Waals surface area contributed by atoms with Crippen molar-refractivity contribution in [3.63, 3.8) is 0 Å². The second kappa shape index (κ2) is 15.3. The third-order valence-corrected chi connectivity index (χ3v) is 7.36. The van der Waals surface area contributed by atoms with Crippen molar-refractivity contribution in [2.45, 2.75) is 85.0 Å². The van der Waals surface area contributed by atoms with Crippen molar-refractivity contribution in [2.75, 3.05) is 25.7 Å². The van der Waals surface area contributed by atoms with Crippen LogP contribution in [0.4, 0.5) is 4.79 Å². The van der Waals surface area contributed by atoms with Gasteiger partial charge in [0.1, 0.15) is 15.4 Å². The van der Waals surface area contributed by atoms with Crippen molar-refractivity contribution in [2.24, 2.45) is 17.8 Å². The number of hydrogen-bond acceptors (Lipinski definition) is 8. The van der Waals surface area contributed by atoms with E-state index in [-0.39, 0.29) is 30.6 Å². The molecule has 11 heteroatoms. The first-order valence-corrected chi connectivity index (χ1v) is 15.4. The largest absolute Gasteiger partial charge is 0.493 e. The lowest BCUT2D eigenvalue weighted by atomic mass is 9.82. The van der Waals surface area contributed by atoms with E-state index in [4.69, 9.17) is 14.2 Å². The number of carboxylic acid groups (broad SMARTS) is 1. The molecule has 0 fully saturated rings. The highest BCUT2D eigenvalue weighted by Gasteiger charge is 2.31. The lowest BCUT2D eigenvalue weighted by Crippen LogP contribution is -2.47. The molecular weight excluding hydrogens is 526 g/mol. The quantitative estimate of drug-likeness (QED) is 0.249. The van der Waals surface area contributed by atoms with Gasteiger partial charge in [-0.1, -0.05) is 26.8 Å². The SMILES string of the molecule is COc1ccc(C[C@@H](C[C@H](NC(=O)OC(C)(C)C)[C@@H](O)C[C@@H](C)C(=O)O)C(C)C)cc1OCCCS(C)(=O)=O. The van der Waals surface area contributed by atoms with E-state index in [1.165, 1.54) is 20.3 Å². The summed E-state index contributed by atoms with van der Waals surface area (Å²) in [4.78, 5) is 24.0. The maximum atomic E-state index is 12.6. The van der Waals surface area contributed by atoms with E-state index in [0.717, 1.165) is 5.56 Å². The summed E-state index contributed by atoms with van der Waals surface area (Å²) in [6.07, 6.45) is 0.737. The molecule has 224 valence electrons. The third-order valence-electron chi connectivity index (χ3n) is 6.33. The maximum Gasteiger partial charge on any atom is 0.407 e. The Bertz CT molecular complexity index is 1030. The first kappa shape index (κ1) is 34.5. The Kier molecular flexibility index (Phi) is 13.5. The molecule has 0 aromatic heterocycles. The normalized spacial score (nSPS) is 15.2. The lowest BCUT2D eigenvalue weighted by molar-refractivity contribution is -0.142. The number of rotatable bonds is 16. The van der Waals surface area contributed by atoms with Crippen LogP contribution in [-0.2, 0) is 25.8 Å². The zero-order chi connectivity index (χ0) is 30.0. The van der Waals surface area contributed by atoms with E-state index >= 15 is 0 Å². The summed E-state index contributed by atoms with van der Waals surface area (Å²) in [7, 11) is -1.55. The second-order valence-electron chi connectivity index (χ2n) is 11.6. The summed E-state index contributed by atoms with van der Waals surface area (Å²) in [5.41, 5.74) is 0.212. The van der Waals surface area contributed by atoms with Gasteiger partial charge in [-0.05, 0) is 76.0 Å². The maximum absolute atomic E-state index is 12.6. The summed E-state index contributed by atoms with van der Waals surface area (Å²) in [5, 5.41) is 23.0. The smallest absolute Gasteiger partial charge is 0.407 e. The zero-order valence-corrected chi connectivity index (χ0v) is 25.3. The number of hydrogen-bond donors (Lipinski definition) is 3. The highest BCUT2D eigenvalue weighted by atomic mass is 32.2. The van der Waals surface area contributed by atoms with Crippen LogP contribution in [-0.4, -0.2) is 74.2 Å². The first-order chi connectivity index (χ1) is 17.9. The fourth-order valence-corrected chi connectivity index (χ4v) is 4.72. The Morgan fingerprint density at radius 1 is 1.08 bits per heavy atom. The van der Waals surface area contributed by atoms with Crippen LogP contribution < -0.4 is 14.8 Å². The fourth-order valence-electron chi connectivity index (χ4n) is 4.08. The van der Waals surface area contributed by atoms with E-state index < -0.39 is 45.6 Å². The molecule has 0 unspecified atom stereocenters. The number of aliphatic hydroxyl groups is 1. The Morgan fingerprint density at radius 3 is 2.23 bits per heavy atom. The molecule has 3 N–H and O–H groups in total. The van der Waals surface area contributed by atoms with Crippen LogP contribution in [0.15, 0.2) is 18.2 Å². The van der Waals surface area contributed by atoms with E-state index in [1.54, 1.807) is 26.8 Å². The Morgan fingerprint density at radius 2 is 1.72 bits per heavy atom. The predicted octanol–water partition coefficient (Wildman–Crippen LogP) is 4.08. The number of carbonyl (C=O) groups excluding carboxylic acids is 1. The van der Waals surface area contributed by atoms with Gasteiger partial charge in [-0.2, -0.15) is 0 Å². The van der Waals surface area contributed by atoms with Gasteiger partial charge in [0.2, 0.25) is 0 Å². The van der Waals surface area contributed by atoms with Gasteiger partial charge in [0, 0.05) is 6.26 Å². The molecule has 0 aliphatic rings. The molecule has 1 amide bonds. The van der Waals surface area contributed by atoms with Gasteiger partial charge < -0.3 is 29.7 Å². The molecule has 1 aromatic rings. The summed E-state index contributed by atoms with van der Waals surface area (Å²) in [5.74, 6) is -0.576. The van der Waals surface area contributed by atoms with Crippen molar-refractivity contribution in [3.05, 3.63) is 23.8 Å². The molecule has 0 spiro atoms. The monoisotopic (exact) mass is 573 g/mol. The summed E-state index contributed by atoms with van der Waals surface area (Å²) in [6.45, 7) is 11.1. The molecule has 4 atom stereocenters. The number of ether oxygens (including phenoxy) is 3. The first-order valence-electron chi connectivity index (χ1n) is 13.3. The molecule has 0 aliphatic carbocycles. The van der Waals surface area contributed by atoms with Gasteiger partial charge in [0.15, 0.2) is 11.5 Å². The van der Waals surface area contributed by atoms with Crippen molar-refractivity contribution in [1.29, 1.82) is 0 Å². The number of benzene rings is 1. The molecule has 0 saturated heterocycles. The summed E-state index contributed by atoms with van der Waals surface area (Å²) in [6, 6.07) is 4.84. The number of methoxy groups -OCH3 is 1. The molecule has 0 aliphatic heterocycles. The lowest BCUT2D eigenvalue weighted by Gasteiger charge is -2.32. The van der Waals surface area contributed by atoms with E-state index in [1.807, 2.05) is 26.0 Å². The summed E-state index contributed by atoms with van der Waals surface area (Å²) >= 11 is 0. The minimum Gasteiger partial charge on any atom is -0.493 e. The van der Waals surface area contributed by atoms with Crippen LogP contribution in [0.25, 0.3) is 0 Å². The highest BCUT2D eigenvalue weighted by molar-refractivity contribution is 7.90. The van der Waals surface area contributed by atoms with Crippen LogP contribution >= 0.6 is 0 Å². The highest BCUT2D eigenvalue weighted by Crippen LogP contribution is 2.32. The van der Waals surface area contributed by atoms with Crippen LogP contribution in [0.3, 0.4) is 0 Å². The minimum atomic E-state index is -3.08. The average Bonchev–Trinajstić information content (AvgIpc) is 2.78. The molecule has 1 rings (SSSR count). The number of alkyl carbamates (subject to hydrolysis) is 1. The standard InChI is InChI=1S/C28H47NO9S/c1-18(2)21(15-20-10-11-24(36-7)25(16-20)37-12-9-13-39(8,34)35)17-22(23(30)14-19(3)26(31)32)29-27(33)38-28(4,5)6/h10-11,16,18-19,21-23,30H,9,12-15,17H2,1-8H3,(H,29,33)(H,31,32)/t19-,21+,22+,23+/m1/s1. The molecular formula is C28H47NO9S. The Labute approximate surface area is 233 Å². The van der Waals surface area contributed by atoms with Gasteiger partial charge in [0.25, 0.3) is 0 Å². The van der Waals surface area contributed by atoms with E-state index in [2.05, 4.69) is 5.32 Å². The van der Waals surface area contributed by atoms with Crippen LogP contribution in [0.5, 0.6) is 11.5 Å². The van der Waals surface area contributed by atoms with Gasteiger partial charge in [-0.25, -0.2) is 13.2 Å². The number of aliphatic hydroxyl groups excluding tert-OH is 1. The van der Waals surface area contributed by atoms with Crippen molar-refractivity contribution in [1.82, 2.24) is 5.32 Å². The number of amides is 1. The van der Waals surface area contributed by atoms with Gasteiger partial charge in [-0.15, -0.1) is 0 Å². The Hall–Kier alpha value is -2.53. The number of aliphatic carboxylic acids is 1. The third kappa shape index (κ3) is 13.9.